The number of benzene rings is 1. The fourth-order valence-electron chi connectivity index (χ4n) is 3.89. The fraction of sp³-hybridized carbons (Fsp3) is 0.444. The van der Waals surface area contributed by atoms with Crippen molar-refractivity contribution >= 4 is 5.97 Å². The van der Waals surface area contributed by atoms with Crippen molar-refractivity contribution < 1.29 is 13.9 Å². The third kappa shape index (κ3) is 1.95. The Morgan fingerprint density at radius 1 is 1.39 bits per heavy atom. The van der Waals surface area contributed by atoms with Crippen molar-refractivity contribution in [3.63, 3.8) is 0 Å². The quantitative estimate of drug-likeness (QED) is 0.794. The molecule has 0 amide bonds. The number of nitrogens with zero attached hydrogens (tertiary/aromatic N) is 2. The normalized spacial score (nSPS) is 21.0. The fourth-order valence-corrected chi connectivity index (χ4v) is 3.89. The van der Waals surface area contributed by atoms with Crippen molar-refractivity contribution in [2.24, 2.45) is 7.05 Å². The van der Waals surface area contributed by atoms with Gasteiger partial charge in [0.15, 0.2) is 0 Å². The summed E-state index contributed by atoms with van der Waals surface area (Å²) in [5.41, 5.74) is 4.50. The van der Waals surface area contributed by atoms with Crippen LogP contribution in [-0.2, 0) is 11.8 Å². The summed E-state index contributed by atoms with van der Waals surface area (Å²) in [7, 11) is 1.87. The van der Waals surface area contributed by atoms with E-state index in [1.807, 2.05) is 17.7 Å². The molecule has 23 heavy (non-hydrogen) atoms. The molecule has 0 aliphatic heterocycles. The molecular weight excluding hydrogens is 295 g/mol. The Balaban J connectivity index is 1.94. The van der Waals surface area contributed by atoms with E-state index in [0.717, 1.165) is 35.4 Å². The van der Waals surface area contributed by atoms with Crippen LogP contribution in [0.2, 0.25) is 0 Å². The molecule has 5 heteroatoms. The monoisotopic (exact) mass is 314 g/mol. The van der Waals surface area contributed by atoms with Gasteiger partial charge in [-0.15, -0.1) is 0 Å². The smallest absolute Gasteiger partial charge is 0.374 e. The van der Waals surface area contributed by atoms with Crippen LogP contribution in [0.5, 0.6) is 0 Å². The van der Waals surface area contributed by atoms with E-state index in [-0.39, 0.29) is 5.82 Å². The number of hydrogen-bond acceptors (Lipinski definition) is 3. The van der Waals surface area contributed by atoms with Crippen LogP contribution in [0.1, 0.15) is 59.0 Å². The number of rotatable bonds is 2. The maximum absolute atomic E-state index is 14.0. The third-order valence-electron chi connectivity index (χ3n) is 5.15. The summed E-state index contributed by atoms with van der Waals surface area (Å²) in [5.74, 6) is 0.531. The lowest BCUT2D eigenvalue weighted by Gasteiger charge is -2.34. The molecule has 0 N–H and O–H groups in total. The second-order valence-corrected chi connectivity index (χ2v) is 6.50. The van der Waals surface area contributed by atoms with Crippen molar-refractivity contribution in [2.45, 2.75) is 38.5 Å². The molecule has 0 radical (unpaired) electrons. The first-order chi connectivity index (χ1) is 11.0. The largest absolute Gasteiger partial charge is 0.460 e. The maximum Gasteiger partial charge on any atom is 0.374 e. The molecule has 1 aromatic heterocycles. The third-order valence-corrected chi connectivity index (χ3v) is 5.15. The predicted octanol–water partition coefficient (Wildman–Crippen LogP) is 3.69. The summed E-state index contributed by atoms with van der Waals surface area (Å²) >= 11 is 0. The highest BCUT2D eigenvalue weighted by Crippen LogP contribution is 2.55. The van der Waals surface area contributed by atoms with Gasteiger partial charge in [-0.25, -0.2) is 14.2 Å². The van der Waals surface area contributed by atoms with Gasteiger partial charge in [-0.1, -0.05) is 0 Å². The van der Waals surface area contributed by atoms with E-state index in [0.29, 0.717) is 29.8 Å². The topological polar surface area (TPSA) is 44.1 Å². The van der Waals surface area contributed by atoms with Gasteiger partial charge in [0, 0.05) is 24.2 Å². The molecule has 1 aromatic carbocycles. The zero-order valence-corrected chi connectivity index (χ0v) is 13.5. The van der Waals surface area contributed by atoms with Gasteiger partial charge in [0.05, 0.1) is 12.3 Å². The summed E-state index contributed by atoms with van der Waals surface area (Å²) in [6, 6.07) is 3.52. The van der Waals surface area contributed by atoms with Gasteiger partial charge >= 0.3 is 5.97 Å². The summed E-state index contributed by atoms with van der Waals surface area (Å²) in [6.07, 6.45) is 1.98. The van der Waals surface area contributed by atoms with Crippen LogP contribution in [0.3, 0.4) is 0 Å². The van der Waals surface area contributed by atoms with Gasteiger partial charge in [-0.2, -0.15) is 0 Å². The minimum absolute atomic E-state index is 0.169. The molecular formula is C18H19FN2O2. The highest BCUT2D eigenvalue weighted by atomic mass is 19.1. The summed E-state index contributed by atoms with van der Waals surface area (Å²) in [4.78, 5) is 16.7. The van der Waals surface area contributed by atoms with Gasteiger partial charge in [0.1, 0.15) is 5.82 Å². The van der Waals surface area contributed by atoms with Gasteiger partial charge < -0.3 is 9.30 Å². The lowest BCUT2D eigenvalue weighted by atomic mass is 9.71. The lowest BCUT2D eigenvalue weighted by molar-refractivity contribution is 0.0507. The Labute approximate surface area is 134 Å². The van der Waals surface area contributed by atoms with Gasteiger partial charge in [0.25, 0.3) is 0 Å². The lowest BCUT2D eigenvalue weighted by Crippen LogP contribution is -2.22. The minimum Gasteiger partial charge on any atom is -0.460 e. The highest BCUT2D eigenvalue weighted by molar-refractivity contribution is 5.88. The number of aromatic nitrogens is 2. The maximum atomic E-state index is 14.0. The number of imidazole rings is 1. The summed E-state index contributed by atoms with van der Waals surface area (Å²) in [5, 5.41) is 0. The van der Waals surface area contributed by atoms with Crippen LogP contribution in [0.4, 0.5) is 4.39 Å². The van der Waals surface area contributed by atoms with Crippen molar-refractivity contribution in [1.82, 2.24) is 9.55 Å². The van der Waals surface area contributed by atoms with E-state index in [2.05, 4.69) is 4.98 Å². The van der Waals surface area contributed by atoms with Crippen LogP contribution in [0, 0.1) is 12.7 Å². The average molecular weight is 314 g/mol. The second kappa shape index (κ2) is 4.91. The van der Waals surface area contributed by atoms with Crippen molar-refractivity contribution in [3.05, 3.63) is 40.6 Å². The molecule has 0 atom stereocenters. The number of carbonyl (C=O) groups is 1. The SMILES string of the molecule is CCOC(=O)c1nc2c(n1C)C1CC(C1)c1cc(F)c(C)cc1-2. The molecule has 2 aromatic rings. The Hall–Kier alpha value is -2.17. The van der Waals surface area contributed by atoms with E-state index in [4.69, 9.17) is 4.74 Å². The molecule has 1 fully saturated rings. The number of carbonyl (C=O) groups excluding carboxylic acids is 1. The second-order valence-electron chi connectivity index (χ2n) is 6.50. The molecule has 120 valence electrons. The molecule has 1 saturated carbocycles. The predicted molar refractivity (Wildman–Crippen MR) is 84.0 cm³/mol. The van der Waals surface area contributed by atoms with Crippen LogP contribution in [-0.4, -0.2) is 22.1 Å². The summed E-state index contributed by atoms with van der Waals surface area (Å²) in [6.45, 7) is 3.87. The Bertz CT molecular complexity index is 819. The van der Waals surface area contributed by atoms with E-state index >= 15 is 0 Å². The Morgan fingerprint density at radius 2 is 2.13 bits per heavy atom. The standard InChI is InChI=1S/C18H19FN2O2/c1-4-23-18(22)17-20-15-13-5-9(2)14(19)8-12(13)10-6-11(7-10)16(15)21(17)3/h5,8,10-11H,4,6-7H2,1-3H3. The Morgan fingerprint density at radius 3 is 2.83 bits per heavy atom. The van der Waals surface area contributed by atoms with Crippen LogP contribution >= 0.6 is 0 Å². The van der Waals surface area contributed by atoms with Gasteiger partial charge in [0.2, 0.25) is 5.82 Å². The summed E-state index contributed by atoms with van der Waals surface area (Å²) < 4.78 is 21.0. The first kappa shape index (κ1) is 14.4. The van der Waals surface area contributed by atoms with Crippen molar-refractivity contribution in [3.8, 4) is 11.3 Å². The first-order valence-electron chi connectivity index (χ1n) is 8.05. The van der Waals surface area contributed by atoms with Crippen LogP contribution in [0.25, 0.3) is 11.3 Å². The van der Waals surface area contributed by atoms with Crippen LogP contribution < -0.4 is 0 Å². The number of aryl methyl sites for hydroxylation is 1. The number of esters is 1. The molecule has 5 rings (SSSR count). The number of hydrogen-bond donors (Lipinski definition) is 0. The molecule has 3 aliphatic carbocycles. The van der Waals surface area contributed by atoms with Crippen molar-refractivity contribution in [1.29, 1.82) is 0 Å². The molecule has 4 nitrogen and oxygen atoms in total. The number of ether oxygens (including phenoxy) is 1. The molecule has 1 heterocycles. The first-order valence-corrected chi connectivity index (χ1v) is 8.05. The molecule has 3 aliphatic rings. The van der Waals surface area contributed by atoms with E-state index < -0.39 is 5.97 Å². The molecule has 0 saturated heterocycles. The minimum atomic E-state index is -0.403. The molecule has 0 unspecified atom stereocenters. The zero-order chi connectivity index (χ0) is 16.3. The van der Waals surface area contributed by atoms with Crippen molar-refractivity contribution in [2.75, 3.05) is 6.61 Å². The van der Waals surface area contributed by atoms with Crippen LogP contribution in [0.15, 0.2) is 12.1 Å². The van der Waals surface area contributed by atoms with E-state index in [9.17, 15) is 9.18 Å². The van der Waals surface area contributed by atoms with Gasteiger partial charge in [-0.05, 0) is 55.9 Å². The van der Waals surface area contributed by atoms with Gasteiger partial charge in [-0.3, -0.25) is 0 Å². The zero-order valence-electron chi connectivity index (χ0n) is 13.5. The Kier molecular flexibility index (Phi) is 3.08. The molecule has 0 spiro atoms. The van der Waals surface area contributed by atoms with E-state index in [1.54, 1.807) is 19.9 Å². The number of halogens is 1. The average Bonchev–Trinajstić information content (AvgIpc) is 2.66. The highest BCUT2D eigenvalue weighted by Gasteiger charge is 2.42. The molecule has 2 bridgehead atoms. The van der Waals surface area contributed by atoms with E-state index in [1.165, 1.54) is 0 Å².